The summed E-state index contributed by atoms with van der Waals surface area (Å²) in [5.41, 5.74) is 2.74. The van der Waals surface area contributed by atoms with E-state index >= 15 is 0 Å². The predicted molar refractivity (Wildman–Crippen MR) is 73.2 cm³/mol. The Labute approximate surface area is 100 Å². The van der Waals surface area contributed by atoms with Gasteiger partial charge in [-0.2, -0.15) is 0 Å². The van der Waals surface area contributed by atoms with E-state index in [0.717, 1.165) is 0 Å². The lowest BCUT2D eigenvalue weighted by atomic mass is 10.1. The maximum Gasteiger partial charge on any atom is 0.0366 e. The molecule has 1 aliphatic heterocycles. The van der Waals surface area contributed by atoms with Crippen molar-refractivity contribution in [1.82, 2.24) is 0 Å². The average Bonchev–Trinajstić information content (AvgIpc) is 2.32. The topological polar surface area (TPSA) is 3.24 Å². The Kier molecular flexibility index (Phi) is 5.99. The lowest BCUT2D eigenvalue weighted by Crippen LogP contribution is -2.29. The summed E-state index contributed by atoms with van der Waals surface area (Å²) in [6.45, 7) is 8.87. The van der Waals surface area contributed by atoms with Crippen LogP contribution < -0.4 is 4.90 Å². The molecule has 90 valence electrons. The maximum absolute atomic E-state index is 2.49. The van der Waals surface area contributed by atoms with Crippen LogP contribution in [0.2, 0.25) is 0 Å². The molecule has 0 atom stereocenters. The third-order valence-corrected chi connectivity index (χ3v) is 2.76. The summed E-state index contributed by atoms with van der Waals surface area (Å²) in [5.74, 6) is 0. The van der Waals surface area contributed by atoms with Gasteiger partial charge in [-0.05, 0) is 38.3 Å². The molecule has 0 aromatic heterocycles. The number of hydrogen-bond acceptors (Lipinski definition) is 1. The normalized spacial score (nSPS) is 15.3. The summed E-state index contributed by atoms with van der Waals surface area (Å²) in [6.07, 6.45) is 5.37. The van der Waals surface area contributed by atoms with Crippen LogP contribution >= 0.6 is 0 Å². The number of aryl methyl sites for hydroxylation is 1. The van der Waals surface area contributed by atoms with Gasteiger partial charge in [0.2, 0.25) is 0 Å². The van der Waals surface area contributed by atoms with Crippen LogP contribution in [-0.4, -0.2) is 13.1 Å². The van der Waals surface area contributed by atoms with Crippen molar-refractivity contribution >= 4 is 5.69 Å². The first-order valence-corrected chi connectivity index (χ1v) is 6.59. The molecular formula is C15H25N. The monoisotopic (exact) mass is 219 g/mol. The molecule has 0 bridgehead atoms. The average molecular weight is 219 g/mol. The van der Waals surface area contributed by atoms with Gasteiger partial charge in [-0.25, -0.2) is 0 Å². The van der Waals surface area contributed by atoms with Crippen molar-refractivity contribution < 1.29 is 0 Å². The Bertz CT molecular complexity index is 270. The van der Waals surface area contributed by atoms with Crippen LogP contribution in [0.5, 0.6) is 0 Å². The quantitative estimate of drug-likeness (QED) is 0.676. The standard InChI is InChI=1S/C12H17N.C3H8/c1-11-5-7-12(8-6-11)13-9-3-2-4-10-13;1-3-2/h5-8H,2-4,9-10H2,1H3;3H2,1-2H3. The number of benzene rings is 1. The van der Waals surface area contributed by atoms with E-state index < -0.39 is 0 Å². The van der Waals surface area contributed by atoms with Crippen molar-refractivity contribution in [2.24, 2.45) is 0 Å². The minimum absolute atomic E-state index is 1.24. The summed E-state index contributed by atoms with van der Waals surface area (Å²) in [4.78, 5) is 2.49. The Balaban J connectivity index is 0.000000386. The fraction of sp³-hybridized carbons (Fsp3) is 0.600. The van der Waals surface area contributed by atoms with E-state index in [0.29, 0.717) is 0 Å². The highest BCUT2D eigenvalue weighted by Crippen LogP contribution is 2.19. The smallest absolute Gasteiger partial charge is 0.0366 e. The molecule has 1 heterocycles. The Hall–Kier alpha value is -0.980. The molecule has 0 amide bonds. The minimum atomic E-state index is 1.24. The van der Waals surface area contributed by atoms with Crippen LogP contribution in [0.4, 0.5) is 5.69 Å². The van der Waals surface area contributed by atoms with E-state index in [1.54, 1.807) is 0 Å². The molecule has 0 spiro atoms. The zero-order valence-electron chi connectivity index (χ0n) is 11.0. The Morgan fingerprint density at radius 2 is 1.44 bits per heavy atom. The van der Waals surface area contributed by atoms with Gasteiger partial charge < -0.3 is 4.90 Å². The van der Waals surface area contributed by atoms with Gasteiger partial charge in [-0.15, -0.1) is 0 Å². The molecule has 0 saturated carbocycles. The molecule has 2 rings (SSSR count). The third-order valence-electron chi connectivity index (χ3n) is 2.76. The van der Waals surface area contributed by atoms with Crippen molar-refractivity contribution in [3.8, 4) is 0 Å². The minimum Gasteiger partial charge on any atom is -0.372 e. The second-order valence-electron chi connectivity index (χ2n) is 4.59. The number of anilines is 1. The number of hydrogen-bond donors (Lipinski definition) is 0. The van der Waals surface area contributed by atoms with Crippen LogP contribution in [0.1, 0.15) is 45.1 Å². The molecule has 1 nitrogen and oxygen atoms in total. The van der Waals surface area contributed by atoms with Crippen LogP contribution in [-0.2, 0) is 0 Å². The second kappa shape index (κ2) is 7.32. The maximum atomic E-state index is 2.49. The van der Waals surface area contributed by atoms with Gasteiger partial charge in [-0.3, -0.25) is 0 Å². The molecular weight excluding hydrogens is 194 g/mol. The highest BCUT2D eigenvalue weighted by Gasteiger charge is 2.09. The van der Waals surface area contributed by atoms with Crippen molar-refractivity contribution in [2.75, 3.05) is 18.0 Å². The number of nitrogens with zero attached hydrogens (tertiary/aromatic N) is 1. The summed E-state index contributed by atoms with van der Waals surface area (Å²) in [6, 6.07) is 8.87. The van der Waals surface area contributed by atoms with E-state index in [9.17, 15) is 0 Å². The number of rotatable bonds is 1. The Morgan fingerprint density at radius 1 is 0.938 bits per heavy atom. The van der Waals surface area contributed by atoms with Crippen LogP contribution in [0.3, 0.4) is 0 Å². The van der Waals surface area contributed by atoms with Gasteiger partial charge in [0, 0.05) is 18.8 Å². The lowest BCUT2D eigenvalue weighted by molar-refractivity contribution is 0.578. The lowest BCUT2D eigenvalue weighted by Gasteiger charge is -2.28. The molecule has 0 radical (unpaired) electrons. The Morgan fingerprint density at radius 3 is 1.94 bits per heavy atom. The van der Waals surface area contributed by atoms with Crippen molar-refractivity contribution in [3.05, 3.63) is 29.8 Å². The third kappa shape index (κ3) is 4.26. The van der Waals surface area contributed by atoms with E-state index in [1.165, 1.54) is 50.0 Å². The van der Waals surface area contributed by atoms with Gasteiger partial charge in [0.15, 0.2) is 0 Å². The molecule has 0 N–H and O–H groups in total. The SMILES string of the molecule is CCC.Cc1ccc(N2CCCCC2)cc1. The summed E-state index contributed by atoms with van der Waals surface area (Å²) in [5, 5.41) is 0. The first-order chi connectivity index (χ1) is 7.77. The molecule has 1 heteroatoms. The number of piperidine rings is 1. The molecule has 16 heavy (non-hydrogen) atoms. The van der Waals surface area contributed by atoms with Crippen LogP contribution in [0.25, 0.3) is 0 Å². The molecule has 1 aromatic carbocycles. The molecule has 1 aromatic rings. The summed E-state index contributed by atoms with van der Waals surface area (Å²) in [7, 11) is 0. The van der Waals surface area contributed by atoms with E-state index in [1.807, 2.05) is 0 Å². The largest absolute Gasteiger partial charge is 0.372 e. The van der Waals surface area contributed by atoms with Crippen LogP contribution in [0, 0.1) is 6.92 Å². The highest BCUT2D eigenvalue weighted by molar-refractivity contribution is 5.47. The fourth-order valence-electron chi connectivity index (χ4n) is 1.91. The fourth-order valence-corrected chi connectivity index (χ4v) is 1.91. The van der Waals surface area contributed by atoms with E-state index in [4.69, 9.17) is 0 Å². The van der Waals surface area contributed by atoms with Gasteiger partial charge in [0.1, 0.15) is 0 Å². The predicted octanol–water partition coefficient (Wildman–Crippen LogP) is 4.40. The molecule has 1 saturated heterocycles. The molecule has 1 aliphatic rings. The van der Waals surface area contributed by atoms with Crippen molar-refractivity contribution in [3.63, 3.8) is 0 Å². The summed E-state index contributed by atoms with van der Waals surface area (Å²) >= 11 is 0. The first-order valence-electron chi connectivity index (χ1n) is 6.59. The molecule has 0 unspecified atom stereocenters. The summed E-state index contributed by atoms with van der Waals surface area (Å²) < 4.78 is 0. The molecule has 1 fully saturated rings. The first kappa shape index (κ1) is 13.1. The second-order valence-corrected chi connectivity index (χ2v) is 4.59. The van der Waals surface area contributed by atoms with E-state index in [2.05, 4.69) is 49.9 Å². The highest BCUT2D eigenvalue weighted by atomic mass is 15.1. The van der Waals surface area contributed by atoms with E-state index in [-0.39, 0.29) is 0 Å². The molecule has 0 aliphatic carbocycles. The van der Waals surface area contributed by atoms with Gasteiger partial charge >= 0.3 is 0 Å². The van der Waals surface area contributed by atoms with Gasteiger partial charge in [-0.1, -0.05) is 38.0 Å². The van der Waals surface area contributed by atoms with Gasteiger partial charge in [0.05, 0.1) is 0 Å². The van der Waals surface area contributed by atoms with Crippen LogP contribution in [0.15, 0.2) is 24.3 Å². The van der Waals surface area contributed by atoms with Crippen molar-refractivity contribution in [1.29, 1.82) is 0 Å². The zero-order valence-corrected chi connectivity index (χ0v) is 11.0. The van der Waals surface area contributed by atoms with Gasteiger partial charge in [0.25, 0.3) is 0 Å². The van der Waals surface area contributed by atoms with Crippen molar-refractivity contribution in [2.45, 2.75) is 46.5 Å². The zero-order chi connectivity index (χ0) is 11.8.